The molecule has 0 saturated heterocycles. The van der Waals surface area contributed by atoms with Crippen LogP contribution in [0.25, 0.3) is 0 Å². The van der Waals surface area contributed by atoms with Crippen molar-refractivity contribution in [3.8, 4) is 0 Å². The average Bonchev–Trinajstić information content (AvgIpc) is 2.52. The summed E-state index contributed by atoms with van der Waals surface area (Å²) in [7, 11) is 1.74. The van der Waals surface area contributed by atoms with E-state index in [2.05, 4.69) is 10.6 Å². The molecule has 2 unspecified atom stereocenters. The van der Waals surface area contributed by atoms with E-state index in [-0.39, 0.29) is 17.2 Å². The number of anilines is 2. The fraction of sp³-hybridized carbons (Fsp3) is 0.600. The number of hydrogen-bond acceptors (Lipinski definition) is 5. The highest BCUT2D eigenvalue weighted by Gasteiger charge is 2.24. The number of non-ortho nitro benzene ring substituents is 1. The van der Waals surface area contributed by atoms with E-state index in [1.165, 1.54) is 18.9 Å². The molecule has 2 rings (SSSR count). The van der Waals surface area contributed by atoms with Gasteiger partial charge in [-0.2, -0.15) is 0 Å². The van der Waals surface area contributed by atoms with E-state index in [1.54, 1.807) is 13.1 Å². The molecule has 1 fully saturated rings. The molecule has 1 saturated carbocycles. The van der Waals surface area contributed by atoms with Crippen molar-refractivity contribution in [3.05, 3.63) is 28.3 Å². The Morgan fingerprint density at radius 1 is 1.24 bits per heavy atom. The fourth-order valence-electron chi connectivity index (χ4n) is 3.01. The third-order valence-electron chi connectivity index (χ3n) is 4.29. The SMILES string of the molecule is CNc1cc(NCC2CCCCC2CO)cc([N+](=O)[O-])c1. The summed E-state index contributed by atoms with van der Waals surface area (Å²) >= 11 is 0. The highest BCUT2D eigenvalue weighted by atomic mass is 16.6. The molecule has 1 aliphatic rings. The van der Waals surface area contributed by atoms with E-state index in [0.717, 1.165) is 25.1 Å². The lowest BCUT2D eigenvalue weighted by Crippen LogP contribution is -2.28. The average molecular weight is 293 g/mol. The summed E-state index contributed by atoms with van der Waals surface area (Å²) in [4.78, 5) is 10.6. The van der Waals surface area contributed by atoms with Crippen molar-refractivity contribution >= 4 is 17.1 Å². The highest BCUT2D eigenvalue weighted by molar-refractivity contribution is 5.63. The Kier molecular flexibility index (Phi) is 5.38. The maximum Gasteiger partial charge on any atom is 0.273 e. The van der Waals surface area contributed by atoms with Gasteiger partial charge in [0, 0.05) is 43.7 Å². The van der Waals surface area contributed by atoms with Crippen molar-refractivity contribution in [2.45, 2.75) is 25.7 Å². The molecule has 0 spiro atoms. The van der Waals surface area contributed by atoms with Crippen LogP contribution in [0.5, 0.6) is 0 Å². The molecule has 21 heavy (non-hydrogen) atoms. The third kappa shape index (κ3) is 4.07. The van der Waals surface area contributed by atoms with E-state index in [9.17, 15) is 15.2 Å². The molecule has 1 aliphatic carbocycles. The van der Waals surface area contributed by atoms with Crippen LogP contribution >= 0.6 is 0 Å². The first-order valence-corrected chi connectivity index (χ1v) is 7.46. The van der Waals surface area contributed by atoms with Gasteiger partial charge in [0.2, 0.25) is 0 Å². The quantitative estimate of drug-likeness (QED) is 0.554. The number of aliphatic hydroxyl groups excluding tert-OH is 1. The van der Waals surface area contributed by atoms with Crippen LogP contribution in [0.15, 0.2) is 18.2 Å². The predicted octanol–water partition coefficient (Wildman–Crippen LogP) is 2.85. The largest absolute Gasteiger partial charge is 0.396 e. The van der Waals surface area contributed by atoms with Crippen LogP contribution in [-0.2, 0) is 0 Å². The lowest BCUT2D eigenvalue weighted by Gasteiger charge is -2.30. The minimum atomic E-state index is -0.386. The van der Waals surface area contributed by atoms with Gasteiger partial charge in [-0.25, -0.2) is 0 Å². The molecule has 0 aliphatic heterocycles. The van der Waals surface area contributed by atoms with E-state index < -0.39 is 0 Å². The maximum absolute atomic E-state index is 10.9. The Balaban J connectivity index is 2.04. The van der Waals surface area contributed by atoms with Gasteiger partial charge in [-0.15, -0.1) is 0 Å². The van der Waals surface area contributed by atoms with E-state index in [0.29, 0.717) is 17.5 Å². The van der Waals surface area contributed by atoms with Crippen molar-refractivity contribution in [1.29, 1.82) is 0 Å². The van der Waals surface area contributed by atoms with Crippen LogP contribution in [0.2, 0.25) is 0 Å². The van der Waals surface area contributed by atoms with E-state index in [4.69, 9.17) is 0 Å². The minimum absolute atomic E-state index is 0.0757. The smallest absolute Gasteiger partial charge is 0.273 e. The number of nitro groups is 1. The number of aliphatic hydroxyl groups is 1. The molecule has 0 heterocycles. The van der Waals surface area contributed by atoms with Crippen LogP contribution in [0, 0.1) is 22.0 Å². The number of benzene rings is 1. The van der Waals surface area contributed by atoms with Crippen LogP contribution in [0.4, 0.5) is 17.1 Å². The van der Waals surface area contributed by atoms with Crippen LogP contribution in [0.1, 0.15) is 25.7 Å². The number of rotatable bonds is 6. The Hall–Kier alpha value is -1.82. The molecule has 6 heteroatoms. The first-order chi connectivity index (χ1) is 10.1. The summed E-state index contributed by atoms with van der Waals surface area (Å²) in [5.41, 5.74) is 1.54. The summed E-state index contributed by atoms with van der Waals surface area (Å²) in [6.07, 6.45) is 4.55. The van der Waals surface area contributed by atoms with Crippen molar-refractivity contribution in [3.63, 3.8) is 0 Å². The Bertz CT molecular complexity index is 493. The van der Waals surface area contributed by atoms with Gasteiger partial charge in [-0.05, 0) is 30.7 Å². The number of nitrogens with zero attached hydrogens (tertiary/aromatic N) is 1. The number of nitro benzene ring substituents is 1. The van der Waals surface area contributed by atoms with Gasteiger partial charge < -0.3 is 15.7 Å². The minimum Gasteiger partial charge on any atom is -0.396 e. The highest BCUT2D eigenvalue weighted by Crippen LogP contribution is 2.31. The molecule has 116 valence electrons. The van der Waals surface area contributed by atoms with Crippen LogP contribution in [-0.4, -0.2) is 30.2 Å². The Labute approximate surface area is 124 Å². The maximum atomic E-state index is 10.9. The predicted molar refractivity (Wildman–Crippen MR) is 83.7 cm³/mol. The molecule has 6 nitrogen and oxygen atoms in total. The standard InChI is InChI=1S/C15H23N3O3/c1-16-13-6-14(8-15(7-13)18(20)21)17-9-11-4-2-3-5-12(11)10-19/h6-8,11-12,16-17,19H,2-5,9-10H2,1H3. The Morgan fingerprint density at radius 3 is 2.52 bits per heavy atom. The monoisotopic (exact) mass is 293 g/mol. The topological polar surface area (TPSA) is 87.4 Å². The van der Waals surface area contributed by atoms with E-state index in [1.807, 2.05) is 6.07 Å². The molecule has 0 radical (unpaired) electrons. The molecule has 0 amide bonds. The molecular formula is C15H23N3O3. The normalized spacial score (nSPS) is 21.8. The summed E-state index contributed by atoms with van der Waals surface area (Å²) in [5, 5.41) is 26.6. The first kappa shape index (κ1) is 15.6. The molecule has 3 N–H and O–H groups in total. The zero-order valence-electron chi connectivity index (χ0n) is 12.3. The van der Waals surface area contributed by atoms with Crippen molar-refractivity contribution in [2.24, 2.45) is 11.8 Å². The first-order valence-electron chi connectivity index (χ1n) is 7.46. The second-order valence-electron chi connectivity index (χ2n) is 5.64. The second-order valence-corrected chi connectivity index (χ2v) is 5.64. The molecule has 0 bridgehead atoms. The zero-order chi connectivity index (χ0) is 15.2. The summed E-state index contributed by atoms with van der Waals surface area (Å²) in [5.74, 6) is 0.773. The van der Waals surface area contributed by atoms with Gasteiger partial charge in [0.25, 0.3) is 5.69 Å². The molecule has 2 atom stereocenters. The van der Waals surface area contributed by atoms with Gasteiger partial charge in [0.1, 0.15) is 0 Å². The van der Waals surface area contributed by atoms with Crippen LogP contribution < -0.4 is 10.6 Å². The molecule has 1 aromatic rings. The fourth-order valence-corrected chi connectivity index (χ4v) is 3.01. The summed E-state index contributed by atoms with van der Waals surface area (Å²) in [6.45, 7) is 0.971. The molecule has 1 aromatic carbocycles. The van der Waals surface area contributed by atoms with Gasteiger partial charge in [-0.1, -0.05) is 12.8 Å². The van der Waals surface area contributed by atoms with Gasteiger partial charge in [0.15, 0.2) is 0 Å². The summed E-state index contributed by atoms with van der Waals surface area (Å²) < 4.78 is 0. The lowest BCUT2D eigenvalue weighted by molar-refractivity contribution is -0.384. The number of nitrogens with one attached hydrogen (secondary N) is 2. The van der Waals surface area contributed by atoms with Crippen molar-refractivity contribution in [2.75, 3.05) is 30.8 Å². The van der Waals surface area contributed by atoms with Crippen LogP contribution in [0.3, 0.4) is 0 Å². The summed E-state index contributed by atoms with van der Waals surface area (Å²) in [6, 6.07) is 4.93. The lowest BCUT2D eigenvalue weighted by atomic mass is 9.79. The number of hydrogen-bond donors (Lipinski definition) is 3. The van der Waals surface area contributed by atoms with E-state index >= 15 is 0 Å². The zero-order valence-corrected chi connectivity index (χ0v) is 12.3. The van der Waals surface area contributed by atoms with Gasteiger partial charge in [-0.3, -0.25) is 10.1 Å². The van der Waals surface area contributed by atoms with Crippen molar-refractivity contribution in [1.82, 2.24) is 0 Å². The molecule has 0 aromatic heterocycles. The van der Waals surface area contributed by atoms with Gasteiger partial charge in [0.05, 0.1) is 4.92 Å². The molecular weight excluding hydrogens is 270 g/mol. The second kappa shape index (κ2) is 7.26. The Morgan fingerprint density at radius 2 is 1.90 bits per heavy atom. The van der Waals surface area contributed by atoms with Crippen molar-refractivity contribution < 1.29 is 10.0 Å². The third-order valence-corrected chi connectivity index (χ3v) is 4.29. The van der Waals surface area contributed by atoms with Gasteiger partial charge >= 0.3 is 0 Å².